The Morgan fingerprint density at radius 3 is 2.38 bits per heavy atom. The normalized spacial score (nSPS) is 20.3. The third-order valence-electron chi connectivity index (χ3n) is 2.40. The Labute approximate surface area is 86.5 Å². The summed E-state index contributed by atoms with van der Waals surface area (Å²) < 4.78 is 26.9. The fourth-order valence-electron chi connectivity index (χ4n) is 1.36. The van der Waals surface area contributed by atoms with Gasteiger partial charge in [-0.15, -0.1) is 10.2 Å². The van der Waals surface area contributed by atoms with Gasteiger partial charge in [0.05, 0.1) is 5.41 Å². The summed E-state index contributed by atoms with van der Waals surface area (Å²) >= 11 is 4.32. The quantitative estimate of drug-likeness (QED) is 0.824. The van der Waals surface area contributed by atoms with Crippen molar-refractivity contribution in [1.82, 2.24) is 10.2 Å². The van der Waals surface area contributed by atoms with Gasteiger partial charge in [-0.2, -0.15) is 0 Å². The van der Waals surface area contributed by atoms with E-state index in [1.165, 1.54) is 11.3 Å². The van der Waals surface area contributed by atoms with Crippen molar-refractivity contribution in [2.45, 2.75) is 31.1 Å². The lowest BCUT2D eigenvalue weighted by Gasteiger charge is -2.19. The van der Waals surface area contributed by atoms with E-state index in [-0.39, 0.29) is 0 Å². The lowest BCUT2D eigenvalue weighted by Crippen LogP contribution is -2.29. The Morgan fingerprint density at radius 1 is 1.46 bits per heavy atom. The first-order valence-electron chi connectivity index (χ1n) is 3.83. The van der Waals surface area contributed by atoms with Gasteiger partial charge < -0.3 is 0 Å². The molecule has 1 aromatic heterocycles. The fraction of sp³-hybridized carbons (Fsp3) is 0.714. The molecule has 0 atom stereocenters. The van der Waals surface area contributed by atoms with Gasteiger partial charge in [0.25, 0.3) is 5.92 Å². The van der Waals surface area contributed by atoms with Gasteiger partial charge in [0, 0.05) is 6.92 Å². The van der Waals surface area contributed by atoms with Crippen LogP contribution in [0.4, 0.5) is 8.78 Å². The molecule has 1 saturated carbocycles. The van der Waals surface area contributed by atoms with E-state index in [2.05, 4.69) is 26.1 Å². The molecule has 1 aliphatic carbocycles. The van der Waals surface area contributed by atoms with E-state index in [1.54, 1.807) is 0 Å². The van der Waals surface area contributed by atoms with Gasteiger partial charge in [0.15, 0.2) is 3.92 Å². The zero-order valence-corrected chi connectivity index (χ0v) is 9.25. The van der Waals surface area contributed by atoms with Crippen molar-refractivity contribution in [1.29, 1.82) is 0 Å². The number of aromatic nitrogens is 2. The third-order valence-corrected chi connectivity index (χ3v) is 3.96. The molecule has 1 heterocycles. The minimum absolute atomic E-state index is 0.451. The van der Waals surface area contributed by atoms with E-state index in [1.807, 2.05) is 0 Å². The fourth-order valence-corrected chi connectivity index (χ4v) is 2.81. The predicted octanol–water partition coefficient (Wildman–Crippen LogP) is 2.99. The molecule has 0 aliphatic heterocycles. The smallest absolute Gasteiger partial charge is 0.206 e. The molecule has 72 valence electrons. The van der Waals surface area contributed by atoms with E-state index in [0.29, 0.717) is 21.8 Å². The predicted molar refractivity (Wildman–Crippen MR) is 49.1 cm³/mol. The van der Waals surface area contributed by atoms with Crippen LogP contribution in [0.25, 0.3) is 0 Å². The van der Waals surface area contributed by atoms with Crippen LogP contribution in [-0.4, -0.2) is 16.1 Å². The molecule has 2 nitrogen and oxygen atoms in total. The van der Waals surface area contributed by atoms with Crippen molar-refractivity contribution in [2.24, 2.45) is 0 Å². The molecule has 1 aliphatic rings. The van der Waals surface area contributed by atoms with Gasteiger partial charge in [-0.05, 0) is 28.8 Å². The van der Waals surface area contributed by atoms with E-state index in [4.69, 9.17) is 0 Å². The number of hydrogen-bond acceptors (Lipinski definition) is 3. The lowest BCUT2D eigenvalue weighted by atomic mass is 10.0. The summed E-state index contributed by atoms with van der Waals surface area (Å²) in [5.74, 6) is -2.69. The Hall–Kier alpha value is -0.100. The Kier molecular flexibility index (Phi) is 1.96. The van der Waals surface area contributed by atoms with Crippen LogP contribution < -0.4 is 0 Å². The molecule has 0 saturated heterocycles. The van der Waals surface area contributed by atoms with Gasteiger partial charge >= 0.3 is 0 Å². The average molecular weight is 269 g/mol. The highest BCUT2D eigenvalue weighted by Crippen LogP contribution is 2.58. The largest absolute Gasteiger partial charge is 0.257 e. The van der Waals surface area contributed by atoms with E-state index >= 15 is 0 Å². The van der Waals surface area contributed by atoms with Crippen LogP contribution in [0.1, 0.15) is 24.8 Å². The molecule has 0 radical (unpaired) electrons. The summed E-state index contributed by atoms with van der Waals surface area (Å²) in [6, 6.07) is 0. The first-order valence-corrected chi connectivity index (χ1v) is 5.44. The highest BCUT2D eigenvalue weighted by atomic mass is 79.9. The van der Waals surface area contributed by atoms with Crippen LogP contribution in [0.5, 0.6) is 0 Å². The number of halogens is 3. The van der Waals surface area contributed by atoms with Crippen LogP contribution in [-0.2, 0) is 5.41 Å². The second kappa shape index (κ2) is 2.70. The topological polar surface area (TPSA) is 25.8 Å². The van der Waals surface area contributed by atoms with Gasteiger partial charge in [0.2, 0.25) is 0 Å². The van der Waals surface area contributed by atoms with Gasteiger partial charge in [-0.1, -0.05) is 11.3 Å². The molecular formula is C7H7BrF2N2S. The van der Waals surface area contributed by atoms with Crippen LogP contribution >= 0.6 is 27.3 Å². The van der Waals surface area contributed by atoms with Crippen molar-refractivity contribution in [3.05, 3.63) is 8.92 Å². The lowest BCUT2D eigenvalue weighted by molar-refractivity contribution is -0.0202. The molecule has 0 bridgehead atoms. The minimum Gasteiger partial charge on any atom is -0.206 e. The summed E-state index contributed by atoms with van der Waals surface area (Å²) in [7, 11) is 0. The molecule has 1 aromatic rings. The summed E-state index contributed by atoms with van der Waals surface area (Å²) in [6.45, 7) is 0.954. The zero-order chi connectivity index (χ0) is 9.69. The first kappa shape index (κ1) is 9.45. The molecule has 2 rings (SSSR count). The molecule has 0 unspecified atom stereocenters. The average Bonchev–Trinajstić information content (AvgIpc) is 2.70. The number of alkyl halides is 2. The maximum atomic E-state index is 13.2. The maximum Gasteiger partial charge on any atom is 0.257 e. The second-order valence-electron chi connectivity index (χ2n) is 3.33. The summed E-state index contributed by atoms with van der Waals surface area (Å²) in [4.78, 5) is 0. The monoisotopic (exact) mass is 268 g/mol. The first-order chi connectivity index (χ1) is 5.96. The standard InChI is InChI=1S/C7H7BrF2N2S/c1-6(9,10)7(2-3-7)4-11-12-5(8)13-4/h2-3H2,1H3. The highest BCUT2D eigenvalue weighted by Gasteiger charge is 2.62. The van der Waals surface area contributed by atoms with E-state index < -0.39 is 11.3 Å². The van der Waals surface area contributed by atoms with E-state index in [0.717, 1.165) is 6.92 Å². The summed E-state index contributed by atoms with van der Waals surface area (Å²) in [5, 5.41) is 7.90. The zero-order valence-electron chi connectivity index (χ0n) is 6.85. The van der Waals surface area contributed by atoms with Gasteiger partial charge in [-0.3, -0.25) is 0 Å². The van der Waals surface area contributed by atoms with Crippen LogP contribution in [0.15, 0.2) is 3.92 Å². The number of hydrogen-bond donors (Lipinski definition) is 0. The number of nitrogens with zero attached hydrogens (tertiary/aromatic N) is 2. The van der Waals surface area contributed by atoms with Crippen LogP contribution in [0.2, 0.25) is 0 Å². The third kappa shape index (κ3) is 1.40. The minimum atomic E-state index is -2.69. The van der Waals surface area contributed by atoms with Crippen molar-refractivity contribution in [3.8, 4) is 0 Å². The Balaban J connectivity index is 2.36. The van der Waals surface area contributed by atoms with Gasteiger partial charge in [-0.25, -0.2) is 8.78 Å². The molecule has 1 fully saturated rings. The molecule has 0 N–H and O–H groups in total. The Morgan fingerprint density at radius 2 is 2.08 bits per heavy atom. The van der Waals surface area contributed by atoms with E-state index in [9.17, 15) is 8.78 Å². The van der Waals surface area contributed by atoms with Crippen molar-refractivity contribution < 1.29 is 8.78 Å². The SMILES string of the molecule is CC(F)(F)C1(c2nnc(Br)s2)CC1. The van der Waals surface area contributed by atoms with Gasteiger partial charge in [0.1, 0.15) is 5.01 Å². The molecule has 6 heteroatoms. The summed E-state index contributed by atoms with van der Waals surface area (Å²) in [6.07, 6.45) is 1.02. The van der Waals surface area contributed by atoms with Crippen molar-refractivity contribution in [2.75, 3.05) is 0 Å². The Bertz CT molecular complexity index is 329. The van der Waals surface area contributed by atoms with Crippen molar-refractivity contribution >= 4 is 27.3 Å². The summed E-state index contributed by atoms with van der Waals surface area (Å²) in [5.41, 5.74) is -1.02. The highest BCUT2D eigenvalue weighted by molar-refractivity contribution is 9.11. The molecule has 0 spiro atoms. The molecule has 0 aromatic carbocycles. The molecule has 0 amide bonds. The number of rotatable bonds is 2. The van der Waals surface area contributed by atoms with Crippen LogP contribution in [0.3, 0.4) is 0 Å². The second-order valence-corrected chi connectivity index (χ2v) is 5.58. The molecular weight excluding hydrogens is 262 g/mol. The molecule has 13 heavy (non-hydrogen) atoms. The maximum absolute atomic E-state index is 13.2. The van der Waals surface area contributed by atoms with Crippen molar-refractivity contribution in [3.63, 3.8) is 0 Å². The van der Waals surface area contributed by atoms with Crippen LogP contribution in [0, 0.1) is 0 Å².